The summed E-state index contributed by atoms with van der Waals surface area (Å²) in [5.41, 5.74) is 7.95. The van der Waals surface area contributed by atoms with Crippen molar-refractivity contribution in [2.75, 3.05) is 6.54 Å². The molecule has 1 saturated carbocycles. The van der Waals surface area contributed by atoms with Crippen LogP contribution in [-0.2, 0) is 0 Å². The Morgan fingerprint density at radius 1 is 1.24 bits per heavy atom. The van der Waals surface area contributed by atoms with E-state index >= 15 is 0 Å². The summed E-state index contributed by atoms with van der Waals surface area (Å²) < 4.78 is 0. The van der Waals surface area contributed by atoms with Gasteiger partial charge in [0.1, 0.15) is 0 Å². The SMILES string of the molecule is CCCC(CCN)CCC(=O)c1ccccc1C1CCC1. The molecule has 1 aliphatic rings. The zero-order chi connectivity index (χ0) is 15.1. The summed E-state index contributed by atoms with van der Waals surface area (Å²) in [7, 11) is 0. The maximum absolute atomic E-state index is 12.6. The molecule has 2 N–H and O–H groups in total. The summed E-state index contributed by atoms with van der Waals surface area (Å²) >= 11 is 0. The number of carbonyl (C=O) groups is 1. The highest BCUT2D eigenvalue weighted by Gasteiger charge is 2.24. The summed E-state index contributed by atoms with van der Waals surface area (Å²) in [4.78, 5) is 12.6. The molecule has 1 unspecified atom stereocenters. The van der Waals surface area contributed by atoms with E-state index in [0.717, 1.165) is 24.9 Å². The van der Waals surface area contributed by atoms with Gasteiger partial charge in [-0.15, -0.1) is 0 Å². The molecule has 0 amide bonds. The van der Waals surface area contributed by atoms with Crippen molar-refractivity contribution in [1.82, 2.24) is 0 Å². The summed E-state index contributed by atoms with van der Waals surface area (Å²) in [6, 6.07) is 8.24. The molecule has 1 aromatic carbocycles. The van der Waals surface area contributed by atoms with Crippen LogP contribution in [0.4, 0.5) is 0 Å². The largest absolute Gasteiger partial charge is 0.330 e. The molecule has 0 spiro atoms. The Balaban J connectivity index is 1.96. The first-order valence-corrected chi connectivity index (χ1v) is 8.58. The van der Waals surface area contributed by atoms with Crippen molar-refractivity contribution in [3.05, 3.63) is 35.4 Å². The van der Waals surface area contributed by atoms with Crippen LogP contribution in [0.1, 0.15) is 80.1 Å². The molecule has 1 aliphatic carbocycles. The number of rotatable bonds is 9. The second-order valence-corrected chi connectivity index (χ2v) is 6.41. The Morgan fingerprint density at radius 3 is 2.62 bits per heavy atom. The van der Waals surface area contributed by atoms with Gasteiger partial charge in [-0.3, -0.25) is 4.79 Å². The van der Waals surface area contributed by atoms with Gasteiger partial charge in [0.25, 0.3) is 0 Å². The van der Waals surface area contributed by atoms with Crippen LogP contribution >= 0.6 is 0 Å². The van der Waals surface area contributed by atoms with E-state index in [1.54, 1.807) is 0 Å². The van der Waals surface area contributed by atoms with Crippen molar-refractivity contribution >= 4 is 5.78 Å². The number of hydrogen-bond donors (Lipinski definition) is 1. The molecule has 21 heavy (non-hydrogen) atoms. The van der Waals surface area contributed by atoms with Gasteiger partial charge >= 0.3 is 0 Å². The molecule has 0 heterocycles. The molecule has 0 aliphatic heterocycles. The third kappa shape index (κ3) is 4.41. The van der Waals surface area contributed by atoms with Crippen molar-refractivity contribution in [3.8, 4) is 0 Å². The van der Waals surface area contributed by atoms with Crippen LogP contribution in [0.25, 0.3) is 0 Å². The number of nitrogens with two attached hydrogens (primary N) is 1. The quantitative estimate of drug-likeness (QED) is 0.670. The van der Waals surface area contributed by atoms with Gasteiger partial charge in [-0.1, -0.05) is 50.5 Å². The Bertz CT molecular complexity index is 445. The van der Waals surface area contributed by atoms with Crippen LogP contribution in [0.2, 0.25) is 0 Å². The van der Waals surface area contributed by atoms with E-state index in [1.165, 1.54) is 37.7 Å². The predicted octanol–water partition coefficient (Wildman–Crippen LogP) is 4.68. The van der Waals surface area contributed by atoms with Gasteiger partial charge in [0.15, 0.2) is 5.78 Å². The molecule has 0 radical (unpaired) electrons. The van der Waals surface area contributed by atoms with E-state index < -0.39 is 0 Å². The molecule has 2 heteroatoms. The van der Waals surface area contributed by atoms with Crippen molar-refractivity contribution in [2.24, 2.45) is 11.7 Å². The molecule has 2 nitrogen and oxygen atoms in total. The Kier molecular flexibility index (Phi) is 6.44. The Labute approximate surface area is 129 Å². The number of carbonyl (C=O) groups excluding carboxylic acids is 1. The number of benzene rings is 1. The minimum Gasteiger partial charge on any atom is -0.330 e. The third-order valence-electron chi connectivity index (χ3n) is 4.86. The molecular formula is C19H29NO. The molecule has 0 aromatic heterocycles. The molecule has 116 valence electrons. The monoisotopic (exact) mass is 287 g/mol. The summed E-state index contributed by atoms with van der Waals surface area (Å²) in [6.07, 6.45) is 8.88. The van der Waals surface area contributed by atoms with Crippen LogP contribution in [0.5, 0.6) is 0 Å². The predicted molar refractivity (Wildman–Crippen MR) is 88.7 cm³/mol. The lowest BCUT2D eigenvalue weighted by molar-refractivity contribution is 0.0970. The van der Waals surface area contributed by atoms with Crippen molar-refractivity contribution in [3.63, 3.8) is 0 Å². The van der Waals surface area contributed by atoms with Gasteiger partial charge in [-0.05, 0) is 49.6 Å². The fourth-order valence-electron chi connectivity index (χ4n) is 3.37. The highest BCUT2D eigenvalue weighted by atomic mass is 16.1. The average molecular weight is 287 g/mol. The van der Waals surface area contributed by atoms with E-state index in [2.05, 4.69) is 19.1 Å². The maximum Gasteiger partial charge on any atom is 0.163 e. The van der Waals surface area contributed by atoms with Crippen molar-refractivity contribution in [1.29, 1.82) is 0 Å². The van der Waals surface area contributed by atoms with E-state index in [4.69, 9.17) is 5.73 Å². The summed E-state index contributed by atoms with van der Waals surface area (Å²) in [5.74, 6) is 1.57. The maximum atomic E-state index is 12.6. The van der Waals surface area contributed by atoms with E-state index in [1.807, 2.05) is 12.1 Å². The Morgan fingerprint density at radius 2 is 2.00 bits per heavy atom. The Hall–Kier alpha value is -1.15. The first-order chi connectivity index (χ1) is 10.3. The molecule has 1 fully saturated rings. The van der Waals surface area contributed by atoms with Crippen LogP contribution in [0.15, 0.2) is 24.3 Å². The second-order valence-electron chi connectivity index (χ2n) is 6.41. The number of ketones is 1. The number of hydrogen-bond acceptors (Lipinski definition) is 2. The van der Waals surface area contributed by atoms with E-state index in [-0.39, 0.29) is 0 Å². The second kappa shape index (κ2) is 8.33. The lowest BCUT2D eigenvalue weighted by Crippen LogP contribution is -2.15. The first kappa shape index (κ1) is 16.2. The summed E-state index contributed by atoms with van der Waals surface area (Å²) in [6.45, 7) is 2.94. The average Bonchev–Trinajstić information content (AvgIpc) is 2.44. The van der Waals surface area contributed by atoms with Crippen molar-refractivity contribution in [2.45, 2.75) is 64.2 Å². The lowest BCUT2D eigenvalue weighted by atomic mass is 9.77. The summed E-state index contributed by atoms with van der Waals surface area (Å²) in [5, 5.41) is 0. The van der Waals surface area contributed by atoms with Crippen LogP contribution in [-0.4, -0.2) is 12.3 Å². The number of Topliss-reactive ketones (excluding diaryl/α,β-unsaturated/α-hetero) is 1. The lowest BCUT2D eigenvalue weighted by Gasteiger charge is -2.27. The highest BCUT2D eigenvalue weighted by Crippen LogP contribution is 2.38. The van der Waals surface area contributed by atoms with Crippen LogP contribution in [0, 0.1) is 5.92 Å². The van der Waals surface area contributed by atoms with Crippen LogP contribution < -0.4 is 5.73 Å². The van der Waals surface area contributed by atoms with Gasteiger partial charge in [-0.2, -0.15) is 0 Å². The van der Waals surface area contributed by atoms with Crippen molar-refractivity contribution < 1.29 is 4.79 Å². The fraction of sp³-hybridized carbons (Fsp3) is 0.632. The minimum absolute atomic E-state index is 0.329. The standard InChI is InChI=1S/C19H29NO/c1-2-6-15(13-14-20)11-12-19(21)18-10-4-3-9-17(18)16-7-5-8-16/h3-4,9-10,15-16H,2,5-8,11-14,20H2,1H3. The van der Waals surface area contributed by atoms with Gasteiger partial charge in [0.2, 0.25) is 0 Å². The smallest absolute Gasteiger partial charge is 0.163 e. The zero-order valence-corrected chi connectivity index (χ0v) is 13.3. The van der Waals surface area contributed by atoms with E-state index in [0.29, 0.717) is 24.0 Å². The molecule has 1 aromatic rings. The fourth-order valence-corrected chi connectivity index (χ4v) is 3.37. The molecule has 2 rings (SSSR count). The van der Waals surface area contributed by atoms with Gasteiger partial charge in [0.05, 0.1) is 0 Å². The van der Waals surface area contributed by atoms with Crippen LogP contribution in [0.3, 0.4) is 0 Å². The topological polar surface area (TPSA) is 43.1 Å². The third-order valence-corrected chi connectivity index (χ3v) is 4.86. The normalized spacial score (nSPS) is 16.5. The molecule has 0 bridgehead atoms. The minimum atomic E-state index is 0.329. The van der Waals surface area contributed by atoms with Gasteiger partial charge in [0, 0.05) is 12.0 Å². The zero-order valence-electron chi connectivity index (χ0n) is 13.3. The molecular weight excluding hydrogens is 258 g/mol. The molecule has 0 saturated heterocycles. The van der Waals surface area contributed by atoms with E-state index in [9.17, 15) is 4.79 Å². The van der Waals surface area contributed by atoms with Gasteiger partial charge in [-0.25, -0.2) is 0 Å². The first-order valence-electron chi connectivity index (χ1n) is 8.58. The van der Waals surface area contributed by atoms with Gasteiger partial charge < -0.3 is 5.73 Å². The highest BCUT2D eigenvalue weighted by molar-refractivity contribution is 5.97. The molecule has 1 atom stereocenters.